The minimum atomic E-state index is -1.46. The van der Waals surface area contributed by atoms with Crippen LogP contribution in [0.1, 0.15) is 76.8 Å². The lowest BCUT2D eigenvalue weighted by Gasteiger charge is -2.71. The van der Waals surface area contributed by atoms with Crippen molar-refractivity contribution in [3.63, 3.8) is 0 Å². The molecule has 4 aliphatic heterocycles. The summed E-state index contributed by atoms with van der Waals surface area (Å²) in [5, 5.41) is 13.2. The SMILES string of the molecule is CC1(C)O[C@H]2CC(=O)OC[C@@]23[C@@H]1C(=O)[C@@H](O)[C@]12[C@@H]3CC[C@]3(C)[C@@]14O[C@@H]4C(=O)O[C@]3(c1ccoc1)CC#C[C@@H]1CC[C@H](Cc3ccccc3)C[C@@H]12. The van der Waals surface area contributed by atoms with Crippen molar-refractivity contribution in [2.75, 3.05) is 6.61 Å². The van der Waals surface area contributed by atoms with Gasteiger partial charge in [-0.3, -0.25) is 9.59 Å². The number of aliphatic hydroxyl groups excluding tert-OH is 1. The van der Waals surface area contributed by atoms with Crippen LogP contribution in [0.25, 0.3) is 0 Å². The van der Waals surface area contributed by atoms with Crippen LogP contribution in [0.5, 0.6) is 0 Å². The largest absolute Gasteiger partial charge is 0.472 e. The molecule has 4 bridgehead atoms. The molecule has 13 atom stereocenters. The third kappa shape index (κ3) is 3.40. The van der Waals surface area contributed by atoms with Crippen LogP contribution < -0.4 is 0 Å². The van der Waals surface area contributed by atoms with Gasteiger partial charge in [0, 0.05) is 27.7 Å². The standard InChI is InChI=1S/C41H44O9/c1-36(2)32-31(43)33(44)40-27-19-24(18-23-8-5-4-6-9-23)11-12-25(27)10-7-15-39(26-14-17-46-21-26)37(3,41(40)34(49-41)35(45)50-39)16-13-28(40)38(32)22-47-30(42)20-29(38)48-36/h4-6,8-9,14,17,21,24-25,27-29,32-34,44H,11-13,15-16,18-20,22H2,1-3H3/t24-,25-,27+,28-,29+,32-,33-,34-,37+,38+,39+,40+,41-/m1/s1. The van der Waals surface area contributed by atoms with Crippen LogP contribution in [0.4, 0.5) is 0 Å². The van der Waals surface area contributed by atoms with Gasteiger partial charge < -0.3 is 28.5 Å². The van der Waals surface area contributed by atoms with E-state index in [4.69, 9.17) is 23.4 Å². The Kier molecular flexibility index (Phi) is 6.20. The highest BCUT2D eigenvalue weighted by Gasteiger charge is 2.95. The van der Waals surface area contributed by atoms with E-state index < -0.39 is 63.2 Å². The molecule has 0 radical (unpaired) electrons. The number of epoxide rings is 1. The molecule has 3 spiro atoms. The number of rotatable bonds is 3. The molecule has 0 amide bonds. The van der Waals surface area contributed by atoms with Crippen molar-refractivity contribution in [2.24, 2.45) is 45.8 Å². The van der Waals surface area contributed by atoms with Crippen molar-refractivity contribution < 1.29 is 42.9 Å². The lowest BCUT2D eigenvalue weighted by atomic mass is 9.31. The maximum absolute atomic E-state index is 15.4. The van der Waals surface area contributed by atoms with Crippen LogP contribution in [-0.2, 0) is 45.4 Å². The summed E-state index contributed by atoms with van der Waals surface area (Å²) in [6.07, 6.45) is 5.04. The number of ketones is 1. The van der Waals surface area contributed by atoms with Gasteiger partial charge in [0.25, 0.3) is 0 Å². The van der Waals surface area contributed by atoms with Crippen molar-refractivity contribution in [3.05, 3.63) is 60.1 Å². The fraction of sp³-hybridized carbons (Fsp3) is 0.634. The maximum atomic E-state index is 15.4. The first-order valence-electron chi connectivity index (χ1n) is 18.5. The Morgan fingerprint density at radius 2 is 1.82 bits per heavy atom. The summed E-state index contributed by atoms with van der Waals surface area (Å²) in [7, 11) is 0. The summed E-state index contributed by atoms with van der Waals surface area (Å²) in [5.41, 5.74) is -4.49. The number of fused-ring (bicyclic) bond motifs is 1. The van der Waals surface area contributed by atoms with E-state index in [9.17, 15) is 14.7 Å². The quantitative estimate of drug-likeness (QED) is 0.273. The number of cyclic esters (lactones) is 1. The first kappa shape index (κ1) is 31.3. The fourth-order valence-electron chi connectivity index (χ4n) is 13.7. The van der Waals surface area contributed by atoms with Gasteiger partial charge in [-0.2, -0.15) is 0 Å². The van der Waals surface area contributed by atoms with Gasteiger partial charge in [-0.05, 0) is 81.8 Å². The molecule has 262 valence electrons. The summed E-state index contributed by atoms with van der Waals surface area (Å²) >= 11 is 0. The molecule has 4 saturated heterocycles. The molecular formula is C41H44O9. The number of esters is 2. The second-order valence-electron chi connectivity index (χ2n) is 17.4. The molecular weight excluding hydrogens is 636 g/mol. The molecule has 9 nitrogen and oxygen atoms in total. The number of benzene rings is 1. The predicted octanol–water partition coefficient (Wildman–Crippen LogP) is 4.92. The number of ether oxygens (including phenoxy) is 4. The van der Waals surface area contributed by atoms with Gasteiger partial charge in [-0.25, -0.2) is 4.79 Å². The monoisotopic (exact) mass is 680 g/mol. The zero-order valence-corrected chi connectivity index (χ0v) is 28.8. The normalized spacial score (nSPS) is 49.1. The molecule has 5 heterocycles. The van der Waals surface area contributed by atoms with E-state index in [1.807, 2.05) is 26.0 Å². The number of hydrogen-bond donors (Lipinski definition) is 1. The Labute approximate surface area is 291 Å². The molecule has 1 aromatic carbocycles. The van der Waals surface area contributed by atoms with Gasteiger partial charge in [-0.15, -0.1) is 0 Å². The number of hydrogen-bond acceptors (Lipinski definition) is 9. The van der Waals surface area contributed by atoms with Gasteiger partial charge in [0.1, 0.15) is 18.3 Å². The lowest BCUT2D eigenvalue weighted by Crippen LogP contribution is -2.81. The van der Waals surface area contributed by atoms with Crippen LogP contribution in [0.15, 0.2) is 53.3 Å². The van der Waals surface area contributed by atoms with E-state index in [-0.39, 0.29) is 54.9 Å². The average molecular weight is 681 g/mol. The predicted molar refractivity (Wildman–Crippen MR) is 176 cm³/mol. The second kappa shape index (κ2) is 9.90. The smallest absolute Gasteiger partial charge is 0.339 e. The highest BCUT2D eigenvalue weighted by Crippen LogP contribution is 2.84. The molecule has 50 heavy (non-hydrogen) atoms. The maximum Gasteiger partial charge on any atom is 0.339 e. The molecule has 4 aliphatic carbocycles. The lowest BCUT2D eigenvalue weighted by molar-refractivity contribution is -0.295. The first-order chi connectivity index (χ1) is 24.0. The van der Waals surface area contributed by atoms with Crippen molar-refractivity contribution >= 4 is 17.7 Å². The Hall–Kier alpha value is -3.45. The van der Waals surface area contributed by atoms with E-state index >= 15 is 4.79 Å². The summed E-state index contributed by atoms with van der Waals surface area (Å²) in [5.74, 6) is 4.83. The van der Waals surface area contributed by atoms with E-state index in [0.29, 0.717) is 24.8 Å². The third-order valence-corrected chi connectivity index (χ3v) is 15.3. The van der Waals surface area contributed by atoms with Crippen LogP contribution in [-0.4, -0.2) is 58.9 Å². The van der Waals surface area contributed by atoms with Crippen LogP contribution in [0.3, 0.4) is 0 Å². The molecule has 9 heteroatoms. The van der Waals surface area contributed by atoms with Gasteiger partial charge in [0.2, 0.25) is 0 Å². The molecule has 2 aromatic rings. The molecule has 7 fully saturated rings. The number of Topliss-reactive ketones (excluding diaryl/α,β-unsaturated/α-hetero) is 1. The van der Waals surface area contributed by atoms with Crippen LogP contribution in [0.2, 0.25) is 0 Å². The second-order valence-corrected chi connectivity index (χ2v) is 17.4. The summed E-state index contributed by atoms with van der Waals surface area (Å²) in [4.78, 5) is 42.7. The summed E-state index contributed by atoms with van der Waals surface area (Å²) in [6, 6.07) is 12.3. The molecule has 8 aliphatic rings. The zero-order chi connectivity index (χ0) is 34.5. The molecule has 0 unspecified atom stereocenters. The van der Waals surface area contributed by atoms with E-state index in [1.165, 1.54) is 5.56 Å². The Morgan fingerprint density at radius 1 is 1.00 bits per heavy atom. The topological polar surface area (TPSA) is 125 Å². The molecule has 3 saturated carbocycles. The van der Waals surface area contributed by atoms with E-state index in [0.717, 1.165) is 19.3 Å². The van der Waals surface area contributed by atoms with Crippen molar-refractivity contribution in [2.45, 2.75) is 107 Å². The number of aliphatic hydroxyl groups is 1. The number of carbonyl (C=O) groups is 3. The van der Waals surface area contributed by atoms with Crippen molar-refractivity contribution in [1.29, 1.82) is 0 Å². The van der Waals surface area contributed by atoms with E-state index in [2.05, 4.69) is 43.0 Å². The average Bonchev–Trinajstić information content (AvgIpc) is 3.51. The minimum Gasteiger partial charge on any atom is -0.472 e. The van der Waals surface area contributed by atoms with Crippen LogP contribution in [0, 0.1) is 57.7 Å². The van der Waals surface area contributed by atoms with Crippen molar-refractivity contribution in [3.8, 4) is 11.8 Å². The van der Waals surface area contributed by atoms with Gasteiger partial charge in [0.05, 0.1) is 43.0 Å². The van der Waals surface area contributed by atoms with Gasteiger partial charge >= 0.3 is 11.9 Å². The van der Waals surface area contributed by atoms with Gasteiger partial charge in [0.15, 0.2) is 17.5 Å². The highest BCUT2D eigenvalue weighted by atomic mass is 16.7. The Morgan fingerprint density at radius 3 is 2.60 bits per heavy atom. The van der Waals surface area contributed by atoms with E-state index in [1.54, 1.807) is 12.5 Å². The van der Waals surface area contributed by atoms with Crippen LogP contribution >= 0.6 is 0 Å². The molecule has 1 N–H and O–H groups in total. The highest BCUT2D eigenvalue weighted by molar-refractivity contribution is 5.92. The Balaban J connectivity index is 1.25. The summed E-state index contributed by atoms with van der Waals surface area (Å²) in [6.45, 7) is 5.97. The van der Waals surface area contributed by atoms with Crippen molar-refractivity contribution in [1.82, 2.24) is 0 Å². The number of furan rings is 1. The Bertz CT molecular complexity index is 1860. The first-order valence-corrected chi connectivity index (χ1v) is 18.5. The minimum absolute atomic E-state index is 0.0285. The van der Waals surface area contributed by atoms with Gasteiger partial charge in [-0.1, -0.05) is 49.1 Å². The fourth-order valence-corrected chi connectivity index (χ4v) is 13.7. The third-order valence-electron chi connectivity index (χ3n) is 15.3. The molecule has 10 rings (SSSR count). The zero-order valence-electron chi connectivity index (χ0n) is 28.8. The summed E-state index contributed by atoms with van der Waals surface area (Å²) < 4.78 is 31.9. The number of carbonyl (C=O) groups excluding carboxylic acids is 3. The molecule has 1 aromatic heterocycles.